The smallest absolute Gasteiger partial charge is 0.253 e. The lowest BCUT2D eigenvalue weighted by atomic mass is 10.1. The van der Waals surface area contributed by atoms with E-state index in [-0.39, 0.29) is 5.91 Å². The van der Waals surface area contributed by atoms with Crippen molar-refractivity contribution in [1.29, 1.82) is 0 Å². The Bertz CT molecular complexity index is 366. The molecule has 0 aromatic heterocycles. The van der Waals surface area contributed by atoms with Crippen molar-refractivity contribution in [2.24, 2.45) is 0 Å². The molecule has 2 rings (SSSR count). The molecule has 3 nitrogen and oxygen atoms in total. The molecular weight excluding hydrogens is 200 g/mol. The molecule has 0 unspecified atom stereocenters. The third kappa shape index (κ3) is 2.18. The van der Waals surface area contributed by atoms with Crippen LogP contribution in [-0.2, 0) is 0 Å². The minimum Gasteiger partial charge on any atom is -0.399 e. The van der Waals surface area contributed by atoms with Crippen molar-refractivity contribution in [2.45, 2.75) is 31.7 Å². The molecule has 0 radical (unpaired) electrons. The van der Waals surface area contributed by atoms with Gasteiger partial charge in [0, 0.05) is 24.3 Å². The number of hydrogen-bond donors (Lipinski definition) is 1. The number of carbonyl (C=O) groups is 1. The highest BCUT2D eigenvalue weighted by molar-refractivity contribution is 5.94. The average Bonchev–Trinajstić information content (AvgIpc) is 2.81. The van der Waals surface area contributed by atoms with Gasteiger partial charge >= 0.3 is 0 Å². The number of anilines is 1. The Morgan fingerprint density at radius 3 is 2.38 bits per heavy atom. The highest BCUT2D eigenvalue weighted by Gasteiger charge is 2.23. The van der Waals surface area contributed by atoms with E-state index >= 15 is 0 Å². The first kappa shape index (κ1) is 11.0. The molecular formula is C13H18N2O. The van der Waals surface area contributed by atoms with Crippen molar-refractivity contribution in [3.8, 4) is 0 Å². The molecule has 3 heteroatoms. The van der Waals surface area contributed by atoms with Gasteiger partial charge in [-0.2, -0.15) is 0 Å². The van der Waals surface area contributed by atoms with Crippen LogP contribution in [0.2, 0.25) is 0 Å². The normalized spacial score (nSPS) is 16.3. The fourth-order valence-electron chi connectivity index (χ4n) is 2.29. The van der Waals surface area contributed by atoms with Gasteiger partial charge in [-0.1, -0.05) is 12.8 Å². The van der Waals surface area contributed by atoms with Gasteiger partial charge in [0.25, 0.3) is 5.91 Å². The maximum absolute atomic E-state index is 12.1. The number of benzene rings is 1. The van der Waals surface area contributed by atoms with Gasteiger partial charge in [0.2, 0.25) is 0 Å². The van der Waals surface area contributed by atoms with Crippen LogP contribution in [0.15, 0.2) is 24.3 Å². The van der Waals surface area contributed by atoms with Crippen molar-refractivity contribution >= 4 is 11.6 Å². The number of rotatable bonds is 2. The van der Waals surface area contributed by atoms with E-state index in [9.17, 15) is 4.79 Å². The second-order valence-electron chi connectivity index (χ2n) is 4.48. The van der Waals surface area contributed by atoms with Gasteiger partial charge in [-0.25, -0.2) is 0 Å². The third-order valence-corrected chi connectivity index (χ3v) is 3.35. The fourth-order valence-corrected chi connectivity index (χ4v) is 2.29. The van der Waals surface area contributed by atoms with Crippen molar-refractivity contribution in [1.82, 2.24) is 4.90 Å². The highest BCUT2D eigenvalue weighted by Crippen LogP contribution is 2.23. The van der Waals surface area contributed by atoms with Crippen LogP contribution in [0.1, 0.15) is 36.0 Å². The van der Waals surface area contributed by atoms with E-state index in [1.54, 1.807) is 24.3 Å². The van der Waals surface area contributed by atoms with Gasteiger partial charge in [0.15, 0.2) is 0 Å². The van der Waals surface area contributed by atoms with Gasteiger partial charge in [0.1, 0.15) is 0 Å². The maximum Gasteiger partial charge on any atom is 0.253 e. The van der Waals surface area contributed by atoms with E-state index in [1.165, 1.54) is 12.8 Å². The van der Waals surface area contributed by atoms with Gasteiger partial charge < -0.3 is 10.6 Å². The molecule has 1 aromatic rings. The largest absolute Gasteiger partial charge is 0.399 e. The number of nitrogens with two attached hydrogens (primary N) is 1. The van der Waals surface area contributed by atoms with Crippen molar-refractivity contribution < 1.29 is 4.79 Å². The van der Waals surface area contributed by atoms with Crippen molar-refractivity contribution in [3.05, 3.63) is 29.8 Å². The molecule has 1 aliphatic rings. The molecule has 86 valence electrons. The maximum atomic E-state index is 12.1. The summed E-state index contributed by atoms with van der Waals surface area (Å²) in [7, 11) is 1.90. The Kier molecular flexibility index (Phi) is 3.13. The quantitative estimate of drug-likeness (QED) is 0.774. The Morgan fingerprint density at radius 2 is 1.81 bits per heavy atom. The molecule has 0 heterocycles. The van der Waals surface area contributed by atoms with Crippen LogP contribution >= 0.6 is 0 Å². The molecule has 1 amide bonds. The van der Waals surface area contributed by atoms with E-state index in [0.717, 1.165) is 18.4 Å². The Labute approximate surface area is 96.2 Å². The standard InChI is InChI=1S/C13H18N2O/c1-15(12-4-2-3-5-12)13(16)10-6-8-11(14)9-7-10/h6-9,12H,2-5,14H2,1H3. The van der Waals surface area contributed by atoms with Crippen LogP contribution in [0.4, 0.5) is 5.69 Å². The van der Waals surface area contributed by atoms with Crippen LogP contribution in [0, 0.1) is 0 Å². The summed E-state index contributed by atoms with van der Waals surface area (Å²) in [5.74, 6) is 0.104. The summed E-state index contributed by atoms with van der Waals surface area (Å²) in [6.45, 7) is 0. The lowest BCUT2D eigenvalue weighted by Crippen LogP contribution is -2.35. The summed E-state index contributed by atoms with van der Waals surface area (Å²) in [6.07, 6.45) is 4.75. The minimum absolute atomic E-state index is 0.104. The number of hydrogen-bond acceptors (Lipinski definition) is 2. The first-order valence-corrected chi connectivity index (χ1v) is 5.81. The predicted molar refractivity (Wildman–Crippen MR) is 65.2 cm³/mol. The molecule has 16 heavy (non-hydrogen) atoms. The summed E-state index contributed by atoms with van der Waals surface area (Å²) in [6, 6.07) is 7.56. The first-order valence-electron chi connectivity index (χ1n) is 5.81. The van der Waals surface area contributed by atoms with E-state index in [2.05, 4.69) is 0 Å². The van der Waals surface area contributed by atoms with Crippen LogP contribution in [0.3, 0.4) is 0 Å². The second-order valence-corrected chi connectivity index (χ2v) is 4.48. The summed E-state index contributed by atoms with van der Waals surface area (Å²) >= 11 is 0. The van der Waals surface area contributed by atoms with Crippen molar-refractivity contribution in [3.63, 3.8) is 0 Å². The van der Waals surface area contributed by atoms with Crippen LogP contribution in [0.25, 0.3) is 0 Å². The van der Waals surface area contributed by atoms with Gasteiger partial charge in [-0.3, -0.25) is 4.79 Å². The Hall–Kier alpha value is -1.51. The zero-order valence-electron chi connectivity index (χ0n) is 9.65. The van der Waals surface area contributed by atoms with Crippen LogP contribution < -0.4 is 5.73 Å². The molecule has 2 N–H and O–H groups in total. The summed E-state index contributed by atoms with van der Waals surface area (Å²) in [4.78, 5) is 14.0. The summed E-state index contributed by atoms with van der Waals surface area (Å²) in [5, 5.41) is 0. The molecule has 0 bridgehead atoms. The molecule has 1 saturated carbocycles. The number of amides is 1. The van der Waals surface area contributed by atoms with E-state index < -0.39 is 0 Å². The van der Waals surface area contributed by atoms with Crippen LogP contribution in [-0.4, -0.2) is 23.9 Å². The first-order chi connectivity index (χ1) is 7.68. The van der Waals surface area contributed by atoms with Gasteiger partial charge in [0.05, 0.1) is 0 Å². The minimum atomic E-state index is 0.104. The van der Waals surface area contributed by atoms with E-state index in [1.807, 2.05) is 11.9 Å². The zero-order chi connectivity index (χ0) is 11.5. The zero-order valence-corrected chi connectivity index (χ0v) is 9.65. The van der Waals surface area contributed by atoms with Crippen molar-refractivity contribution in [2.75, 3.05) is 12.8 Å². The Balaban J connectivity index is 2.08. The third-order valence-electron chi connectivity index (χ3n) is 3.35. The summed E-state index contributed by atoms with van der Waals surface area (Å²) < 4.78 is 0. The number of carbonyl (C=O) groups excluding carboxylic acids is 1. The molecule has 1 aromatic carbocycles. The SMILES string of the molecule is CN(C(=O)c1ccc(N)cc1)C1CCCC1. The van der Waals surface area contributed by atoms with Crippen LogP contribution in [0.5, 0.6) is 0 Å². The molecule has 0 saturated heterocycles. The number of nitrogens with zero attached hydrogens (tertiary/aromatic N) is 1. The van der Waals surface area contributed by atoms with Gasteiger partial charge in [-0.15, -0.1) is 0 Å². The molecule has 0 atom stereocenters. The molecule has 1 fully saturated rings. The summed E-state index contributed by atoms with van der Waals surface area (Å²) in [5.41, 5.74) is 7.02. The number of nitrogen functional groups attached to an aromatic ring is 1. The van der Waals surface area contributed by atoms with E-state index in [0.29, 0.717) is 11.7 Å². The van der Waals surface area contributed by atoms with E-state index in [4.69, 9.17) is 5.73 Å². The molecule has 1 aliphatic carbocycles. The topological polar surface area (TPSA) is 46.3 Å². The van der Waals surface area contributed by atoms with Gasteiger partial charge in [-0.05, 0) is 37.1 Å². The monoisotopic (exact) mass is 218 g/mol. The molecule has 0 spiro atoms. The average molecular weight is 218 g/mol. The predicted octanol–water partition coefficient (Wildman–Crippen LogP) is 2.28. The lowest BCUT2D eigenvalue weighted by Gasteiger charge is -2.24. The second kappa shape index (κ2) is 4.56. The molecule has 0 aliphatic heterocycles. The highest BCUT2D eigenvalue weighted by atomic mass is 16.2. The fraction of sp³-hybridized carbons (Fsp3) is 0.462. The lowest BCUT2D eigenvalue weighted by molar-refractivity contribution is 0.0735. The Morgan fingerprint density at radius 1 is 1.25 bits per heavy atom.